The Kier molecular flexibility index (Phi) is 15.3. The van der Waals surface area contributed by atoms with Crippen molar-refractivity contribution < 1.29 is 38.1 Å². The summed E-state index contributed by atoms with van der Waals surface area (Å²) in [6.07, 6.45) is 3.24. The minimum Gasteiger partial charge on any atom is -0.461 e. The van der Waals surface area contributed by atoms with Crippen LogP contribution in [0.2, 0.25) is 0 Å². The van der Waals surface area contributed by atoms with Crippen LogP contribution >= 0.6 is 0 Å². The summed E-state index contributed by atoms with van der Waals surface area (Å²) in [6.45, 7) is 11.6. The zero-order chi connectivity index (χ0) is 28.7. The van der Waals surface area contributed by atoms with E-state index in [-0.39, 0.29) is 43.3 Å². The Morgan fingerprint density at radius 3 is 1.95 bits per heavy atom. The zero-order valence-electron chi connectivity index (χ0n) is 23.7. The smallest absolute Gasteiger partial charge is 0.323 e. The molecule has 0 unspecified atom stereocenters. The second-order valence-electron chi connectivity index (χ2n) is 10.4. The molecule has 9 nitrogen and oxygen atoms in total. The molecule has 38 heavy (non-hydrogen) atoms. The lowest BCUT2D eigenvalue weighted by Crippen LogP contribution is -2.36. The molecule has 0 aromatic heterocycles. The van der Waals surface area contributed by atoms with Crippen molar-refractivity contribution in [2.45, 2.75) is 105 Å². The Balaban J connectivity index is 2.83. The van der Waals surface area contributed by atoms with Crippen LogP contribution in [-0.2, 0) is 35.1 Å². The number of benzene rings is 1. The lowest BCUT2D eigenvalue weighted by Gasteiger charge is -2.17. The molecule has 0 radical (unpaired) electrons. The van der Waals surface area contributed by atoms with E-state index in [1.54, 1.807) is 19.1 Å². The quantitative estimate of drug-likeness (QED) is 0.218. The van der Waals surface area contributed by atoms with Gasteiger partial charge in [-0.2, -0.15) is 0 Å². The lowest BCUT2D eigenvalue weighted by molar-refractivity contribution is -0.158. The van der Waals surface area contributed by atoms with Gasteiger partial charge in [-0.1, -0.05) is 47.1 Å². The summed E-state index contributed by atoms with van der Waals surface area (Å²) in [5, 5.41) is 0. The largest absolute Gasteiger partial charge is 0.461 e. The third-order valence-electron chi connectivity index (χ3n) is 5.59. The summed E-state index contributed by atoms with van der Waals surface area (Å²) < 4.78 is 21.4. The van der Waals surface area contributed by atoms with Crippen LogP contribution < -0.4 is 15.2 Å². The number of esters is 4. The van der Waals surface area contributed by atoms with Gasteiger partial charge in [-0.15, -0.1) is 0 Å². The molecule has 9 heteroatoms. The van der Waals surface area contributed by atoms with Gasteiger partial charge in [-0.05, 0) is 62.1 Å². The Morgan fingerprint density at radius 1 is 0.816 bits per heavy atom. The minimum atomic E-state index is -0.998. The van der Waals surface area contributed by atoms with Crippen molar-refractivity contribution in [1.29, 1.82) is 0 Å². The SMILES string of the molecule is CCCCC(=O)O[C@@H](C)COC(=O)[C@@H](N)Cc1ccc(OC(=O)CCC(C)C)c(OC(=O)CCC(C)C)c1. The average molecular weight is 536 g/mol. The number of ether oxygens (including phenoxy) is 4. The highest BCUT2D eigenvalue weighted by atomic mass is 16.6. The molecule has 0 amide bonds. The zero-order valence-corrected chi connectivity index (χ0v) is 23.7. The van der Waals surface area contributed by atoms with Crippen LogP contribution in [0.4, 0.5) is 0 Å². The molecule has 0 bridgehead atoms. The first-order valence-electron chi connectivity index (χ1n) is 13.6. The van der Waals surface area contributed by atoms with Crippen LogP contribution in [-0.4, -0.2) is 42.6 Å². The highest BCUT2D eigenvalue weighted by molar-refractivity contribution is 5.77. The van der Waals surface area contributed by atoms with Crippen LogP contribution in [0.1, 0.15) is 92.1 Å². The molecule has 0 aliphatic heterocycles. The normalized spacial score (nSPS) is 12.7. The number of rotatable bonds is 17. The first kappa shape index (κ1) is 33.1. The monoisotopic (exact) mass is 535 g/mol. The molecule has 0 aliphatic rings. The lowest BCUT2D eigenvalue weighted by atomic mass is 10.1. The molecule has 2 N–H and O–H groups in total. The van der Waals surface area contributed by atoms with Crippen LogP contribution in [0.5, 0.6) is 11.5 Å². The number of hydrogen-bond acceptors (Lipinski definition) is 9. The van der Waals surface area contributed by atoms with Crippen LogP contribution in [0.3, 0.4) is 0 Å². The number of carbonyl (C=O) groups excluding carboxylic acids is 4. The molecular formula is C29H45NO8. The van der Waals surface area contributed by atoms with Gasteiger partial charge in [0.25, 0.3) is 0 Å². The standard InChI is InChI=1S/C29H45NO8/c1-7-8-9-26(31)36-21(6)18-35-29(34)23(30)16-22-12-13-24(37-27(32)14-10-19(2)3)25(17-22)38-28(33)15-11-20(4)5/h12-13,17,19-21,23H,7-11,14-16,18,30H2,1-6H3/t21-,23-/m0/s1. The van der Waals surface area contributed by atoms with Crippen molar-refractivity contribution >= 4 is 23.9 Å². The van der Waals surface area contributed by atoms with Gasteiger partial charge in [-0.3, -0.25) is 19.2 Å². The molecule has 2 atom stereocenters. The van der Waals surface area contributed by atoms with Crippen molar-refractivity contribution in [3.63, 3.8) is 0 Å². The third kappa shape index (κ3) is 14.1. The maximum absolute atomic E-state index is 12.4. The Labute approximate surface area is 226 Å². The third-order valence-corrected chi connectivity index (χ3v) is 5.59. The fourth-order valence-corrected chi connectivity index (χ4v) is 3.29. The van der Waals surface area contributed by atoms with Gasteiger partial charge in [0, 0.05) is 19.3 Å². The number of nitrogens with two attached hydrogens (primary N) is 1. The van der Waals surface area contributed by atoms with Crippen molar-refractivity contribution in [3.8, 4) is 11.5 Å². The number of carbonyl (C=O) groups is 4. The summed E-state index contributed by atoms with van der Waals surface area (Å²) in [4.78, 5) is 48.8. The van der Waals surface area contributed by atoms with Crippen molar-refractivity contribution in [2.75, 3.05) is 6.61 Å². The molecule has 214 valence electrons. The van der Waals surface area contributed by atoms with Gasteiger partial charge >= 0.3 is 23.9 Å². The van der Waals surface area contributed by atoms with E-state index in [4.69, 9.17) is 24.7 Å². The maximum atomic E-state index is 12.4. The summed E-state index contributed by atoms with van der Waals surface area (Å²) in [6, 6.07) is 3.73. The average Bonchev–Trinajstić information content (AvgIpc) is 2.84. The van der Waals surface area contributed by atoms with Crippen LogP contribution in [0, 0.1) is 11.8 Å². The molecule has 0 saturated heterocycles. The predicted octanol–water partition coefficient (Wildman–Crippen LogP) is 4.90. The first-order valence-corrected chi connectivity index (χ1v) is 13.6. The number of unbranched alkanes of at least 4 members (excludes halogenated alkanes) is 1. The van der Waals surface area contributed by atoms with E-state index in [1.807, 2.05) is 34.6 Å². The molecule has 1 rings (SSSR count). The van der Waals surface area contributed by atoms with Gasteiger partial charge in [0.15, 0.2) is 11.5 Å². The predicted molar refractivity (Wildman–Crippen MR) is 144 cm³/mol. The Hall–Kier alpha value is -2.94. The number of hydrogen-bond donors (Lipinski definition) is 1. The maximum Gasteiger partial charge on any atom is 0.323 e. The van der Waals surface area contributed by atoms with Crippen molar-refractivity contribution in [2.24, 2.45) is 17.6 Å². The van der Waals surface area contributed by atoms with Crippen molar-refractivity contribution in [1.82, 2.24) is 0 Å². The topological polar surface area (TPSA) is 131 Å². The van der Waals surface area contributed by atoms with E-state index >= 15 is 0 Å². The van der Waals surface area contributed by atoms with Gasteiger partial charge < -0.3 is 24.7 Å². The summed E-state index contributed by atoms with van der Waals surface area (Å²) in [5.74, 6) is -0.944. The van der Waals surface area contributed by atoms with Crippen molar-refractivity contribution in [3.05, 3.63) is 23.8 Å². The van der Waals surface area contributed by atoms with E-state index in [0.717, 1.165) is 12.8 Å². The highest BCUT2D eigenvalue weighted by Gasteiger charge is 2.21. The molecule has 0 heterocycles. The second kappa shape index (κ2) is 17.5. The Bertz CT molecular complexity index is 912. The van der Waals surface area contributed by atoms with E-state index in [0.29, 0.717) is 36.7 Å². The summed E-state index contributed by atoms with van der Waals surface area (Å²) in [5.41, 5.74) is 6.65. The minimum absolute atomic E-state index is 0.0988. The molecule has 0 fully saturated rings. The van der Waals surface area contributed by atoms with E-state index in [2.05, 4.69) is 0 Å². The first-order chi connectivity index (χ1) is 17.9. The van der Waals surface area contributed by atoms with E-state index in [1.165, 1.54) is 6.07 Å². The Morgan fingerprint density at radius 2 is 1.39 bits per heavy atom. The van der Waals surface area contributed by atoms with Crippen LogP contribution in [0.25, 0.3) is 0 Å². The van der Waals surface area contributed by atoms with Gasteiger partial charge in [0.2, 0.25) is 0 Å². The fourth-order valence-electron chi connectivity index (χ4n) is 3.29. The molecule has 0 aliphatic carbocycles. The van der Waals surface area contributed by atoms with Gasteiger partial charge in [0.1, 0.15) is 18.8 Å². The molecular weight excluding hydrogens is 490 g/mol. The van der Waals surface area contributed by atoms with E-state index < -0.39 is 30.1 Å². The molecule has 0 saturated carbocycles. The van der Waals surface area contributed by atoms with Gasteiger partial charge in [-0.25, -0.2) is 0 Å². The second-order valence-corrected chi connectivity index (χ2v) is 10.4. The fraction of sp³-hybridized carbons (Fsp3) is 0.655. The summed E-state index contributed by atoms with van der Waals surface area (Å²) in [7, 11) is 0. The summed E-state index contributed by atoms with van der Waals surface area (Å²) >= 11 is 0. The van der Waals surface area contributed by atoms with Gasteiger partial charge in [0.05, 0.1) is 0 Å². The van der Waals surface area contributed by atoms with Crippen LogP contribution in [0.15, 0.2) is 18.2 Å². The molecule has 1 aromatic rings. The molecule has 0 spiro atoms. The highest BCUT2D eigenvalue weighted by Crippen LogP contribution is 2.30. The van der Waals surface area contributed by atoms with E-state index in [9.17, 15) is 19.2 Å². The molecule has 1 aromatic carbocycles.